The Hall–Kier alpha value is -1.74. The average Bonchev–Trinajstić information content (AvgIpc) is 2.80. The van der Waals surface area contributed by atoms with E-state index in [0.29, 0.717) is 11.6 Å². The maximum absolute atomic E-state index is 5.66. The third kappa shape index (κ3) is 2.44. The van der Waals surface area contributed by atoms with Gasteiger partial charge in [-0.25, -0.2) is 4.98 Å². The summed E-state index contributed by atoms with van der Waals surface area (Å²) in [6.45, 7) is 3.87. The summed E-state index contributed by atoms with van der Waals surface area (Å²) in [5.41, 5.74) is 0.908. The summed E-state index contributed by atoms with van der Waals surface area (Å²) in [6.07, 6.45) is 3.47. The van der Waals surface area contributed by atoms with Gasteiger partial charge in [0.1, 0.15) is 18.2 Å². The van der Waals surface area contributed by atoms with Crippen molar-refractivity contribution in [2.45, 2.75) is 0 Å². The smallest absolute Gasteiger partial charge is 0.141 e. The Kier molecular flexibility index (Phi) is 3.27. The van der Waals surface area contributed by atoms with Gasteiger partial charge in [0.2, 0.25) is 0 Å². The molecule has 0 fully saturated rings. The predicted octanol–water partition coefficient (Wildman–Crippen LogP) is 3.21. The van der Waals surface area contributed by atoms with Crippen molar-refractivity contribution in [1.82, 2.24) is 9.97 Å². The van der Waals surface area contributed by atoms with E-state index >= 15 is 0 Å². The number of para-hydroxylation sites is 1. The molecule has 0 radical (unpaired) electrons. The van der Waals surface area contributed by atoms with Crippen LogP contribution in [-0.4, -0.2) is 16.6 Å². The normalized spacial score (nSPS) is 10.1. The molecule has 82 valence electrons. The Morgan fingerprint density at radius 1 is 1.44 bits per heavy atom. The molecule has 0 bridgehead atoms. The van der Waals surface area contributed by atoms with Crippen molar-refractivity contribution >= 4 is 11.6 Å². The van der Waals surface area contributed by atoms with Crippen LogP contribution in [0.15, 0.2) is 48.3 Å². The van der Waals surface area contributed by atoms with Crippen LogP contribution < -0.4 is 4.74 Å². The van der Waals surface area contributed by atoms with Crippen LogP contribution in [0.1, 0.15) is 0 Å². The number of halogens is 1. The molecule has 0 aliphatic rings. The molecule has 0 saturated carbocycles. The quantitative estimate of drug-likeness (QED) is 0.882. The largest absolute Gasteiger partial charge is 0.487 e. The van der Waals surface area contributed by atoms with Gasteiger partial charge in [-0.3, -0.25) is 0 Å². The number of H-pyrrole nitrogens is 1. The number of rotatable bonds is 4. The first-order valence-electron chi connectivity index (χ1n) is 4.82. The lowest BCUT2D eigenvalue weighted by atomic mass is 10.2. The van der Waals surface area contributed by atoms with Crippen LogP contribution in [-0.2, 0) is 0 Å². The number of nitrogens with one attached hydrogen (secondary N) is 1. The molecule has 1 aromatic carbocycles. The summed E-state index contributed by atoms with van der Waals surface area (Å²) in [6, 6.07) is 7.64. The predicted molar refractivity (Wildman–Crippen MR) is 64.5 cm³/mol. The molecule has 0 amide bonds. The highest BCUT2D eigenvalue weighted by atomic mass is 35.5. The number of hydrogen-bond acceptors (Lipinski definition) is 2. The second kappa shape index (κ2) is 4.86. The van der Waals surface area contributed by atoms with Crippen LogP contribution in [0, 0.1) is 0 Å². The van der Waals surface area contributed by atoms with Crippen LogP contribution in [0.3, 0.4) is 0 Å². The SMILES string of the molecule is C=C(Cl)COc1ccccc1-c1ncc[nH]1. The topological polar surface area (TPSA) is 37.9 Å². The average molecular weight is 235 g/mol. The Morgan fingerprint density at radius 3 is 2.94 bits per heavy atom. The molecule has 0 spiro atoms. The summed E-state index contributed by atoms with van der Waals surface area (Å²) < 4.78 is 5.53. The van der Waals surface area contributed by atoms with Crippen molar-refractivity contribution in [1.29, 1.82) is 0 Å². The fourth-order valence-corrected chi connectivity index (χ4v) is 1.41. The van der Waals surface area contributed by atoms with Gasteiger partial charge in [0.25, 0.3) is 0 Å². The van der Waals surface area contributed by atoms with E-state index in [1.807, 2.05) is 24.3 Å². The minimum absolute atomic E-state index is 0.291. The fourth-order valence-electron chi connectivity index (χ4n) is 1.36. The van der Waals surface area contributed by atoms with Crippen molar-refractivity contribution in [2.75, 3.05) is 6.61 Å². The second-order valence-electron chi connectivity index (χ2n) is 3.24. The number of nitrogens with zero attached hydrogens (tertiary/aromatic N) is 1. The molecular weight excluding hydrogens is 224 g/mol. The van der Waals surface area contributed by atoms with E-state index in [0.717, 1.165) is 17.1 Å². The van der Waals surface area contributed by atoms with Crippen LogP contribution in [0.5, 0.6) is 5.75 Å². The summed E-state index contributed by atoms with van der Waals surface area (Å²) in [5.74, 6) is 1.51. The first-order valence-corrected chi connectivity index (χ1v) is 5.20. The van der Waals surface area contributed by atoms with Gasteiger partial charge in [0.15, 0.2) is 0 Å². The molecule has 0 saturated heterocycles. The van der Waals surface area contributed by atoms with Crippen molar-refractivity contribution in [3.05, 3.63) is 48.3 Å². The first kappa shape index (κ1) is 10.8. The zero-order chi connectivity index (χ0) is 11.4. The number of hydrogen-bond donors (Lipinski definition) is 1. The van der Waals surface area contributed by atoms with E-state index in [2.05, 4.69) is 16.5 Å². The van der Waals surface area contributed by atoms with Crippen molar-refractivity contribution in [3.63, 3.8) is 0 Å². The Morgan fingerprint density at radius 2 is 2.25 bits per heavy atom. The molecule has 16 heavy (non-hydrogen) atoms. The molecular formula is C12H11ClN2O. The van der Waals surface area contributed by atoms with Gasteiger partial charge in [0.05, 0.1) is 5.56 Å². The Balaban J connectivity index is 2.27. The highest BCUT2D eigenvalue weighted by Gasteiger charge is 2.07. The molecule has 2 aromatic rings. The molecule has 1 aromatic heterocycles. The minimum atomic E-state index is 0.291. The molecule has 3 nitrogen and oxygen atoms in total. The van der Waals surface area contributed by atoms with Gasteiger partial charge in [-0.05, 0) is 12.1 Å². The number of imidazole rings is 1. The molecule has 0 aliphatic heterocycles. The lowest BCUT2D eigenvalue weighted by Crippen LogP contribution is -1.98. The number of ether oxygens (including phenoxy) is 1. The molecule has 0 unspecified atom stereocenters. The molecule has 1 N–H and O–H groups in total. The van der Waals surface area contributed by atoms with E-state index in [4.69, 9.17) is 16.3 Å². The summed E-state index contributed by atoms with van der Waals surface area (Å²) in [4.78, 5) is 7.22. The Labute approximate surface area is 98.7 Å². The Bertz CT molecular complexity index is 480. The summed E-state index contributed by atoms with van der Waals surface area (Å²) in [5, 5.41) is 0.467. The van der Waals surface area contributed by atoms with E-state index in [1.54, 1.807) is 12.4 Å². The van der Waals surface area contributed by atoms with Crippen LogP contribution in [0.4, 0.5) is 0 Å². The maximum atomic E-state index is 5.66. The molecule has 1 heterocycles. The zero-order valence-corrected chi connectivity index (χ0v) is 9.37. The minimum Gasteiger partial charge on any atom is -0.487 e. The van der Waals surface area contributed by atoms with E-state index in [-0.39, 0.29) is 0 Å². The van der Waals surface area contributed by atoms with Crippen molar-refractivity contribution in [2.24, 2.45) is 0 Å². The van der Waals surface area contributed by atoms with Crippen molar-refractivity contribution in [3.8, 4) is 17.1 Å². The fraction of sp³-hybridized carbons (Fsp3) is 0.0833. The van der Waals surface area contributed by atoms with Crippen molar-refractivity contribution < 1.29 is 4.74 Å². The summed E-state index contributed by atoms with van der Waals surface area (Å²) >= 11 is 5.66. The first-order chi connectivity index (χ1) is 7.77. The third-order valence-electron chi connectivity index (χ3n) is 2.02. The van der Waals surface area contributed by atoms with E-state index in [9.17, 15) is 0 Å². The van der Waals surface area contributed by atoms with Gasteiger partial charge < -0.3 is 9.72 Å². The lowest BCUT2D eigenvalue weighted by Gasteiger charge is -2.08. The lowest BCUT2D eigenvalue weighted by molar-refractivity contribution is 0.361. The number of aromatic nitrogens is 2. The molecule has 4 heteroatoms. The maximum Gasteiger partial charge on any atom is 0.141 e. The highest BCUT2D eigenvalue weighted by Crippen LogP contribution is 2.27. The number of benzene rings is 1. The van der Waals surface area contributed by atoms with Gasteiger partial charge in [0, 0.05) is 17.4 Å². The van der Waals surface area contributed by atoms with Gasteiger partial charge in [-0.1, -0.05) is 30.3 Å². The molecule has 0 atom stereocenters. The number of aromatic amines is 1. The summed E-state index contributed by atoms with van der Waals surface area (Å²) in [7, 11) is 0. The highest BCUT2D eigenvalue weighted by molar-refractivity contribution is 6.29. The van der Waals surface area contributed by atoms with Gasteiger partial charge in [-0.15, -0.1) is 0 Å². The second-order valence-corrected chi connectivity index (χ2v) is 3.77. The van der Waals surface area contributed by atoms with E-state index in [1.165, 1.54) is 0 Å². The third-order valence-corrected chi connectivity index (χ3v) is 2.13. The molecule has 0 aliphatic carbocycles. The van der Waals surface area contributed by atoms with E-state index < -0.39 is 0 Å². The van der Waals surface area contributed by atoms with Crippen LogP contribution >= 0.6 is 11.6 Å². The molecule has 2 rings (SSSR count). The van der Waals surface area contributed by atoms with Gasteiger partial charge in [-0.2, -0.15) is 0 Å². The van der Waals surface area contributed by atoms with Crippen LogP contribution in [0.2, 0.25) is 0 Å². The standard InChI is InChI=1S/C12H11ClN2O/c1-9(13)8-16-11-5-3-2-4-10(11)12-14-6-7-15-12/h2-7H,1,8H2,(H,14,15). The zero-order valence-electron chi connectivity index (χ0n) is 8.61. The monoisotopic (exact) mass is 234 g/mol. The van der Waals surface area contributed by atoms with Gasteiger partial charge >= 0.3 is 0 Å². The van der Waals surface area contributed by atoms with Crippen LogP contribution in [0.25, 0.3) is 11.4 Å².